The van der Waals surface area contributed by atoms with Crippen molar-refractivity contribution < 1.29 is 13.2 Å². The third-order valence-corrected chi connectivity index (χ3v) is 4.99. The lowest BCUT2D eigenvalue weighted by Gasteiger charge is -2.09. The third kappa shape index (κ3) is 5.30. The van der Waals surface area contributed by atoms with Crippen molar-refractivity contribution in [3.63, 3.8) is 0 Å². The van der Waals surface area contributed by atoms with E-state index in [2.05, 4.69) is 15.2 Å². The van der Waals surface area contributed by atoms with Gasteiger partial charge in [0.05, 0.1) is 4.90 Å². The van der Waals surface area contributed by atoms with Crippen LogP contribution in [0.2, 0.25) is 5.02 Å². The van der Waals surface area contributed by atoms with Crippen LogP contribution < -0.4 is 10.1 Å². The lowest BCUT2D eigenvalue weighted by Crippen LogP contribution is -2.20. The van der Waals surface area contributed by atoms with E-state index in [1.165, 1.54) is 24.3 Å². The average Bonchev–Trinajstić information content (AvgIpc) is 2.61. The fourth-order valence-corrected chi connectivity index (χ4v) is 3.06. The second kappa shape index (κ2) is 8.13. The van der Waals surface area contributed by atoms with Crippen molar-refractivity contribution in [1.82, 2.24) is 5.43 Å². The Morgan fingerprint density at radius 2 is 1.84 bits per heavy atom. The number of carbonyl (C=O) groups excluding carboxylic acids is 1. The highest BCUT2D eigenvalue weighted by Gasteiger charge is 2.16. The minimum absolute atomic E-state index is 0.0220. The van der Waals surface area contributed by atoms with E-state index in [1.807, 2.05) is 6.92 Å². The molecule has 0 aromatic heterocycles. The Hall–Kier alpha value is -2.38. The second-order valence-electron chi connectivity index (χ2n) is 5.28. The lowest BCUT2D eigenvalue weighted by atomic mass is 10.2. The third-order valence-electron chi connectivity index (χ3n) is 3.36. The van der Waals surface area contributed by atoms with Gasteiger partial charge in [-0.05, 0) is 55.8 Å². The number of anilines is 1. The summed E-state index contributed by atoms with van der Waals surface area (Å²) >= 11 is 5.79. The summed E-state index contributed by atoms with van der Waals surface area (Å²) in [7, 11) is -3.83. The van der Waals surface area contributed by atoms with E-state index >= 15 is 0 Å². The first-order valence-corrected chi connectivity index (χ1v) is 9.40. The Morgan fingerprint density at radius 1 is 1.16 bits per heavy atom. The van der Waals surface area contributed by atoms with Gasteiger partial charge in [-0.3, -0.25) is 9.52 Å². The van der Waals surface area contributed by atoms with Gasteiger partial charge in [0.1, 0.15) is 0 Å². The molecule has 2 aromatic rings. The molecule has 0 bridgehead atoms. The van der Waals surface area contributed by atoms with Crippen LogP contribution in [0.15, 0.2) is 58.5 Å². The molecule has 0 atom stereocenters. The fourth-order valence-electron chi connectivity index (χ4n) is 1.83. The Balaban J connectivity index is 2.21. The van der Waals surface area contributed by atoms with E-state index in [0.29, 0.717) is 17.1 Å². The van der Waals surface area contributed by atoms with Crippen LogP contribution in [0, 0.1) is 0 Å². The number of sulfonamides is 1. The molecule has 0 fully saturated rings. The highest BCUT2D eigenvalue weighted by Crippen LogP contribution is 2.19. The van der Waals surface area contributed by atoms with E-state index in [0.717, 1.165) is 5.71 Å². The first-order chi connectivity index (χ1) is 11.8. The first-order valence-electron chi connectivity index (χ1n) is 7.54. The molecule has 0 aliphatic rings. The average molecular weight is 380 g/mol. The van der Waals surface area contributed by atoms with E-state index in [-0.39, 0.29) is 10.5 Å². The fraction of sp³-hybridized carbons (Fsp3) is 0.176. The van der Waals surface area contributed by atoms with Gasteiger partial charge in [-0.15, -0.1) is 0 Å². The standard InChI is InChI=1S/C17H18ClN3O3S/c1-3-12(2)19-20-17(22)13-5-4-6-16(11-13)25(23,24)21-15-9-7-14(18)8-10-15/h4-11,21H,3H2,1-2H3,(H,20,22)/b19-12-. The smallest absolute Gasteiger partial charge is 0.271 e. The molecule has 6 nitrogen and oxygen atoms in total. The molecule has 132 valence electrons. The summed E-state index contributed by atoms with van der Waals surface area (Å²) in [5, 5.41) is 4.43. The van der Waals surface area contributed by atoms with Gasteiger partial charge in [0.2, 0.25) is 0 Å². The molecule has 0 unspecified atom stereocenters. The zero-order valence-electron chi connectivity index (χ0n) is 13.8. The van der Waals surface area contributed by atoms with E-state index in [4.69, 9.17) is 11.6 Å². The van der Waals surface area contributed by atoms with Crippen LogP contribution in [0.1, 0.15) is 30.6 Å². The second-order valence-corrected chi connectivity index (χ2v) is 7.40. The Bertz CT molecular complexity index is 894. The zero-order valence-corrected chi connectivity index (χ0v) is 15.4. The van der Waals surface area contributed by atoms with E-state index in [9.17, 15) is 13.2 Å². The summed E-state index contributed by atoms with van der Waals surface area (Å²) in [5.41, 5.74) is 3.75. The van der Waals surface area contributed by atoms with Crippen LogP contribution in [-0.4, -0.2) is 20.0 Å². The zero-order chi connectivity index (χ0) is 18.4. The maximum absolute atomic E-state index is 12.5. The number of nitrogens with zero attached hydrogens (tertiary/aromatic N) is 1. The SMILES string of the molecule is CC/C(C)=N\NC(=O)c1cccc(S(=O)(=O)Nc2ccc(Cl)cc2)c1. The van der Waals surface area contributed by atoms with Crippen LogP contribution in [0.3, 0.4) is 0 Å². The van der Waals surface area contributed by atoms with Gasteiger partial charge < -0.3 is 0 Å². The molecular weight excluding hydrogens is 362 g/mol. The highest BCUT2D eigenvalue weighted by molar-refractivity contribution is 7.92. The molecule has 0 aliphatic heterocycles. The molecule has 1 amide bonds. The van der Waals surface area contributed by atoms with Crippen molar-refractivity contribution >= 4 is 38.9 Å². The number of rotatable bonds is 6. The topological polar surface area (TPSA) is 87.6 Å². The normalized spacial score (nSPS) is 11.9. The number of amides is 1. The summed E-state index contributed by atoms with van der Waals surface area (Å²) in [6.45, 7) is 3.71. The minimum atomic E-state index is -3.83. The number of benzene rings is 2. The first kappa shape index (κ1) is 19.0. The van der Waals surface area contributed by atoms with Gasteiger partial charge in [0, 0.05) is 22.0 Å². The molecular formula is C17H18ClN3O3S. The summed E-state index contributed by atoms with van der Waals surface area (Å²) in [6, 6.07) is 12.0. The van der Waals surface area contributed by atoms with Gasteiger partial charge >= 0.3 is 0 Å². The summed E-state index contributed by atoms with van der Waals surface area (Å²) in [5.74, 6) is -0.476. The molecule has 25 heavy (non-hydrogen) atoms. The van der Waals surface area contributed by atoms with Gasteiger partial charge in [-0.2, -0.15) is 5.10 Å². The maximum atomic E-state index is 12.5. The number of hydrogen-bond donors (Lipinski definition) is 2. The van der Waals surface area contributed by atoms with Crippen molar-refractivity contribution in [3.05, 3.63) is 59.1 Å². The van der Waals surface area contributed by atoms with Crippen molar-refractivity contribution in [2.24, 2.45) is 5.10 Å². The number of halogens is 1. The molecule has 2 rings (SSSR count). The van der Waals surface area contributed by atoms with E-state index in [1.54, 1.807) is 31.2 Å². The Labute approximate surface area is 152 Å². The Morgan fingerprint density at radius 3 is 2.48 bits per heavy atom. The molecule has 0 aliphatic carbocycles. The van der Waals surface area contributed by atoms with Crippen molar-refractivity contribution in [1.29, 1.82) is 0 Å². The predicted octanol–water partition coefficient (Wildman–Crippen LogP) is 3.66. The van der Waals surface area contributed by atoms with E-state index < -0.39 is 15.9 Å². The number of hydrazone groups is 1. The van der Waals surface area contributed by atoms with Crippen molar-refractivity contribution in [2.75, 3.05) is 4.72 Å². The molecule has 0 spiro atoms. The minimum Gasteiger partial charge on any atom is -0.280 e. The monoisotopic (exact) mass is 379 g/mol. The van der Waals surface area contributed by atoms with Crippen LogP contribution >= 0.6 is 11.6 Å². The summed E-state index contributed by atoms with van der Waals surface area (Å²) in [6.07, 6.45) is 0.708. The van der Waals surface area contributed by atoms with Crippen LogP contribution in [-0.2, 0) is 10.0 Å². The quantitative estimate of drug-likeness (QED) is 0.593. The summed E-state index contributed by atoms with van der Waals surface area (Å²) in [4.78, 5) is 12.1. The molecule has 8 heteroatoms. The highest BCUT2D eigenvalue weighted by atomic mass is 35.5. The number of nitrogens with one attached hydrogen (secondary N) is 2. The van der Waals surface area contributed by atoms with Crippen molar-refractivity contribution in [2.45, 2.75) is 25.2 Å². The van der Waals surface area contributed by atoms with Gasteiger partial charge in [0.15, 0.2) is 0 Å². The predicted molar refractivity (Wildman–Crippen MR) is 99.6 cm³/mol. The van der Waals surface area contributed by atoms with Crippen LogP contribution in [0.4, 0.5) is 5.69 Å². The molecule has 2 aromatic carbocycles. The summed E-state index contributed by atoms with van der Waals surface area (Å²) < 4.78 is 27.4. The van der Waals surface area contributed by atoms with Gasteiger partial charge in [0.25, 0.3) is 15.9 Å². The van der Waals surface area contributed by atoms with Crippen LogP contribution in [0.5, 0.6) is 0 Å². The molecule has 0 radical (unpaired) electrons. The number of hydrogen-bond acceptors (Lipinski definition) is 4. The largest absolute Gasteiger partial charge is 0.280 e. The maximum Gasteiger partial charge on any atom is 0.271 e. The molecule has 0 saturated carbocycles. The Kier molecular flexibility index (Phi) is 6.17. The van der Waals surface area contributed by atoms with Gasteiger partial charge in [-0.25, -0.2) is 13.8 Å². The van der Waals surface area contributed by atoms with Crippen molar-refractivity contribution in [3.8, 4) is 0 Å². The number of carbonyl (C=O) groups is 1. The molecule has 2 N–H and O–H groups in total. The van der Waals surface area contributed by atoms with Crippen LogP contribution in [0.25, 0.3) is 0 Å². The molecule has 0 heterocycles. The lowest BCUT2D eigenvalue weighted by molar-refractivity contribution is 0.0954. The van der Waals surface area contributed by atoms with Gasteiger partial charge in [-0.1, -0.05) is 24.6 Å². The molecule has 0 saturated heterocycles.